The van der Waals surface area contributed by atoms with Crippen LogP contribution in [0, 0.1) is 12.7 Å². The van der Waals surface area contributed by atoms with Gasteiger partial charge in [-0.1, -0.05) is 34.1 Å². The Balaban J connectivity index is 1.66. The van der Waals surface area contributed by atoms with Gasteiger partial charge in [0.05, 0.1) is 24.1 Å². The Bertz CT molecular complexity index is 1630. The molecule has 3 aromatic carbocycles. The van der Waals surface area contributed by atoms with E-state index in [1.165, 1.54) is 22.7 Å². The summed E-state index contributed by atoms with van der Waals surface area (Å²) in [5, 5.41) is 0.559. The van der Waals surface area contributed by atoms with Crippen LogP contribution in [0.25, 0.3) is 11.0 Å². The van der Waals surface area contributed by atoms with Crippen molar-refractivity contribution in [3.63, 3.8) is 0 Å². The number of carbonyl (C=O) groups excluding carboxylic acids is 1. The normalized spacial score (nSPS) is 13.7. The zero-order valence-corrected chi connectivity index (χ0v) is 22.8. The summed E-state index contributed by atoms with van der Waals surface area (Å²) >= 11 is 3.46. The first-order chi connectivity index (χ1) is 17.5. The van der Waals surface area contributed by atoms with Gasteiger partial charge in [0.2, 0.25) is 10.0 Å². The molecule has 1 aliphatic rings. The number of sulfonamides is 1. The quantitative estimate of drug-likeness (QED) is 0.268. The van der Waals surface area contributed by atoms with Gasteiger partial charge >= 0.3 is 0 Å². The number of anilines is 1. The fourth-order valence-corrected chi connectivity index (χ4v) is 6.06. The van der Waals surface area contributed by atoms with Gasteiger partial charge in [0, 0.05) is 22.3 Å². The molecule has 0 atom stereocenters. The topological polar surface area (TPSA) is 93.6 Å². The first kappa shape index (κ1) is 25.5. The fraction of sp³-hybridized carbons (Fsp3) is 0.250. The monoisotopic (exact) mass is 584 g/mol. The lowest BCUT2D eigenvalue weighted by molar-refractivity contribution is 0.1000. The van der Waals surface area contributed by atoms with Crippen molar-refractivity contribution in [3.05, 3.63) is 98.5 Å². The number of hydrogen-bond acceptors (Lipinski definition) is 4. The molecule has 0 unspecified atom stereocenters. The molecule has 9 heteroatoms. The SMILES string of the molecule is Cc1cc(Br)ccc1CN(c1cc2oc(Cc3ccc(F)cc3)c(C(N)=O)c2cc1C1CC1)S(C)(=O)=O. The van der Waals surface area contributed by atoms with Crippen LogP contribution in [0.4, 0.5) is 10.1 Å². The predicted octanol–water partition coefficient (Wildman–Crippen LogP) is 6.18. The number of hydrogen-bond donors (Lipinski definition) is 1. The summed E-state index contributed by atoms with van der Waals surface area (Å²) in [4.78, 5) is 12.5. The van der Waals surface area contributed by atoms with E-state index in [1.54, 1.807) is 18.2 Å². The smallest absolute Gasteiger partial charge is 0.252 e. The Hall–Kier alpha value is -3.17. The summed E-state index contributed by atoms with van der Waals surface area (Å²) < 4.78 is 48.0. The lowest BCUT2D eigenvalue weighted by Gasteiger charge is -2.26. The van der Waals surface area contributed by atoms with Crippen LogP contribution >= 0.6 is 15.9 Å². The van der Waals surface area contributed by atoms with E-state index in [-0.39, 0.29) is 30.3 Å². The number of furan rings is 1. The molecule has 4 aromatic rings. The summed E-state index contributed by atoms with van der Waals surface area (Å²) in [6.45, 7) is 2.11. The lowest BCUT2D eigenvalue weighted by Crippen LogP contribution is -2.30. The van der Waals surface area contributed by atoms with Crippen LogP contribution < -0.4 is 10.0 Å². The third-order valence-electron chi connectivity index (χ3n) is 6.74. The maximum absolute atomic E-state index is 13.4. The number of rotatable bonds is 8. The highest BCUT2D eigenvalue weighted by atomic mass is 79.9. The third-order valence-corrected chi connectivity index (χ3v) is 8.36. The highest BCUT2D eigenvalue weighted by Crippen LogP contribution is 2.47. The molecular formula is C28H26BrFN2O4S. The molecule has 1 heterocycles. The van der Waals surface area contributed by atoms with E-state index in [0.29, 0.717) is 22.4 Å². The van der Waals surface area contributed by atoms with Crippen LogP contribution in [0.3, 0.4) is 0 Å². The van der Waals surface area contributed by atoms with Gasteiger partial charge in [-0.2, -0.15) is 0 Å². The van der Waals surface area contributed by atoms with Crippen LogP contribution in [0.5, 0.6) is 0 Å². The van der Waals surface area contributed by atoms with Crippen LogP contribution in [-0.2, 0) is 23.0 Å². The third kappa shape index (κ3) is 5.29. The largest absolute Gasteiger partial charge is 0.460 e. The lowest BCUT2D eigenvalue weighted by atomic mass is 10.00. The molecule has 1 amide bonds. The summed E-state index contributed by atoms with van der Waals surface area (Å²) in [6, 6.07) is 15.3. The van der Waals surface area contributed by atoms with Crippen molar-refractivity contribution in [2.45, 2.75) is 38.6 Å². The van der Waals surface area contributed by atoms with Gasteiger partial charge in [0.25, 0.3) is 5.91 Å². The van der Waals surface area contributed by atoms with Crippen LogP contribution in [0.15, 0.2) is 63.5 Å². The number of halogens is 2. The van der Waals surface area contributed by atoms with Crippen molar-refractivity contribution in [1.29, 1.82) is 0 Å². The fourth-order valence-electron chi connectivity index (χ4n) is 4.69. The molecule has 0 radical (unpaired) electrons. The molecule has 192 valence electrons. The second kappa shape index (κ2) is 9.61. The molecule has 5 rings (SSSR count). The summed E-state index contributed by atoms with van der Waals surface area (Å²) in [5.74, 6) is -0.437. The summed E-state index contributed by atoms with van der Waals surface area (Å²) in [6.07, 6.45) is 3.30. The zero-order chi connectivity index (χ0) is 26.5. The minimum absolute atomic E-state index is 0.162. The van der Waals surface area contributed by atoms with E-state index < -0.39 is 15.9 Å². The molecule has 0 saturated heterocycles. The molecular weight excluding hydrogens is 559 g/mol. The first-order valence-corrected chi connectivity index (χ1v) is 14.5. The number of fused-ring (bicyclic) bond motifs is 1. The number of nitrogens with zero attached hydrogens (tertiary/aromatic N) is 1. The Labute approximate surface area is 223 Å². The highest BCUT2D eigenvalue weighted by Gasteiger charge is 2.33. The van der Waals surface area contributed by atoms with E-state index in [9.17, 15) is 17.6 Å². The summed E-state index contributed by atoms with van der Waals surface area (Å²) in [7, 11) is -3.66. The maximum atomic E-state index is 13.4. The number of benzene rings is 3. The van der Waals surface area contributed by atoms with Crippen molar-refractivity contribution in [3.8, 4) is 0 Å². The van der Waals surface area contributed by atoms with Gasteiger partial charge in [0.1, 0.15) is 17.2 Å². The minimum Gasteiger partial charge on any atom is -0.460 e. The van der Waals surface area contributed by atoms with E-state index in [2.05, 4.69) is 15.9 Å². The molecule has 1 aliphatic carbocycles. The first-order valence-electron chi connectivity index (χ1n) is 11.9. The summed E-state index contributed by atoms with van der Waals surface area (Å²) in [5.41, 5.74) is 10.4. The number of nitrogens with two attached hydrogens (primary N) is 1. The van der Waals surface area contributed by atoms with E-state index >= 15 is 0 Å². The predicted molar refractivity (Wildman–Crippen MR) is 146 cm³/mol. The van der Waals surface area contributed by atoms with E-state index in [0.717, 1.165) is 39.6 Å². The Morgan fingerprint density at radius 3 is 2.43 bits per heavy atom. The minimum atomic E-state index is -3.66. The maximum Gasteiger partial charge on any atom is 0.252 e. The van der Waals surface area contributed by atoms with Crippen LogP contribution in [-0.4, -0.2) is 20.6 Å². The van der Waals surface area contributed by atoms with Crippen molar-refractivity contribution in [1.82, 2.24) is 0 Å². The Kier molecular flexibility index (Phi) is 6.62. The molecule has 1 aromatic heterocycles. The number of carbonyl (C=O) groups is 1. The number of primary amides is 1. The molecule has 2 N–H and O–H groups in total. The van der Waals surface area contributed by atoms with Crippen molar-refractivity contribution in [2.24, 2.45) is 5.73 Å². The average molecular weight is 585 g/mol. The van der Waals surface area contributed by atoms with Crippen molar-refractivity contribution >= 4 is 48.5 Å². The molecule has 6 nitrogen and oxygen atoms in total. The van der Waals surface area contributed by atoms with Gasteiger partial charge < -0.3 is 10.2 Å². The molecule has 1 fully saturated rings. The van der Waals surface area contributed by atoms with Gasteiger partial charge in [-0.25, -0.2) is 12.8 Å². The molecule has 1 saturated carbocycles. The molecule has 0 bridgehead atoms. The number of aryl methyl sites for hydroxylation is 1. The second-order valence-electron chi connectivity index (χ2n) is 9.59. The van der Waals surface area contributed by atoms with Crippen molar-refractivity contribution in [2.75, 3.05) is 10.6 Å². The van der Waals surface area contributed by atoms with Gasteiger partial charge in [-0.3, -0.25) is 9.10 Å². The second-order valence-corrected chi connectivity index (χ2v) is 12.4. The van der Waals surface area contributed by atoms with Crippen molar-refractivity contribution < 1.29 is 22.0 Å². The van der Waals surface area contributed by atoms with E-state index in [4.69, 9.17) is 10.2 Å². The molecule has 0 spiro atoms. The van der Waals surface area contributed by atoms with E-state index in [1.807, 2.05) is 31.2 Å². The zero-order valence-electron chi connectivity index (χ0n) is 20.4. The number of amides is 1. The average Bonchev–Trinajstić information content (AvgIpc) is 3.59. The Morgan fingerprint density at radius 1 is 1.14 bits per heavy atom. The highest BCUT2D eigenvalue weighted by molar-refractivity contribution is 9.10. The molecule has 0 aliphatic heterocycles. The molecule has 37 heavy (non-hydrogen) atoms. The van der Waals surface area contributed by atoms with Gasteiger partial charge in [0.15, 0.2) is 0 Å². The van der Waals surface area contributed by atoms with Crippen LogP contribution in [0.2, 0.25) is 0 Å². The van der Waals surface area contributed by atoms with Gasteiger partial charge in [-0.05, 0) is 78.3 Å². The Morgan fingerprint density at radius 2 is 1.84 bits per heavy atom. The standard InChI is InChI=1S/C28H26BrFN2O4S/c1-16-11-20(29)8-7-19(16)15-32(37(2,34)35)24-14-25-23(13-22(24)18-5-6-18)27(28(31)33)26(36-25)12-17-3-9-21(30)10-4-17/h3-4,7-11,13-14,18H,5-6,12,15H2,1-2H3,(H2,31,33). The van der Waals surface area contributed by atoms with Gasteiger partial charge in [-0.15, -0.1) is 0 Å². The van der Waals surface area contributed by atoms with Crippen LogP contribution in [0.1, 0.15) is 57.1 Å².